The fourth-order valence-electron chi connectivity index (χ4n) is 2.18. The van der Waals surface area contributed by atoms with Gasteiger partial charge < -0.3 is 0 Å². The summed E-state index contributed by atoms with van der Waals surface area (Å²) in [6.45, 7) is 3.51. The van der Waals surface area contributed by atoms with Gasteiger partial charge in [0.25, 0.3) is 0 Å². The van der Waals surface area contributed by atoms with Crippen LogP contribution in [0.4, 0.5) is 5.69 Å². The van der Waals surface area contributed by atoms with Crippen LogP contribution < -0.4 is 5.43 Å². The summed E-state index contributed by atoms with van der Waals surface area (Å²) in [5.41, 5.74) is 6.60. The van der Waals surface area contributed by atoms with Crippen molar-refractivity contribution in [3.05, 3.63) is 60.4 Å². The lowest BCUT2D eigenvalue weighted by atomic mass is 10.2. The molecule has 5 heteroatoms. The molecule has 2 aromatic carbocycles. The van der Waals surface area contributed by atoms with Gasteiger partial charge in [0.2, 0.25) is 5.84 Å². The highest BCUT2D eigenvalue weighted by atomic mass is 16.1. The molecule has 0 unspecified atom stereocenters. The number of carbonyl (C=O) groups excluding carboxylic acids is 1. The van der Waals surface area contributed by atoms with Gasteiger partial charge in [-0.1, -0.05) is 29.8 Å². The van der Waals surface area contributed by atoms with Gasteiger partial charge in [-0.15, -0.1) is 0 Å². The number of anilines is 1. The van der Waals surface area contributed by atoms with E-state index in [2.05, 4.69) is 15.5 Å². The number of Topliss-reactive ketones (excluding diaryl/α,β-unsaturated/α-hetero) is 1. The molecule has 0 radical (unpaired) electrons. The van der Waals surface area contributed by atoms with E-state index in [1.54, 1.807) is 10.9 Å². The second-order valence-electron chi connectivity index (χ2n) is 5.07. The standard InChI is InChI=1S/C17H16N4O/c1-12-7-9-14(10-8-12)19-20-17(13(2)22)21-11-18-15-5-3-4-6-16(15)21/h3-11,19H,1-2H3/b20-17+. The Balaban J connectivity index is 1.97. The highest BCUT2D eigenvalue weighted by Gasteiger charge is 2.12. The largest absolute Gasteiger partial charge is 0.291 e. The second kappa shape index (κ2) is 5.81. The SMILES string of the molecule is CC(=O)/C(=N\Nc1ccc(C)cc1)n1cnc2ccccc21. The number of carbonyl (C=O) groups is 1. The molecule has 110 valence electrons. The van der Waals surface area contributed by atoms with Crippen molar-refractivity contribution in [1.29, 1.82) is 0 Å². The van der Waals surface area contributed by atoms with E-state index >= 15 is 0 Å². The zero-order valence-corrected chi connectivity index (χ0v) is 12.4. The van der Waals surface area contributed by atoms with Gasteiger partial charge in [0.05, 0.1) is 16.7 Å². The number of nitrogens with one attached hydrogen (secondary N) is 1. The maximum absolute atomic E-state index is 11.9. The molecule has 0 saturated carbocycles. The molecule has 0 amide bonds. The molecule has 3 aromatic rings. The second-order valence-corrected chi connectivity index (χ2v) is 5.07. The smallest absolute Gasteiger partial charge is 0.201 e. The van der Waals surface area contributed by atoms with Crippen molar-refractivity contribution < 1.29 is 4.79 Å². The number of rotatable bonds is 3. The van der Waals surface area contributed by atoms with Crippen molar-refractivity contribution >= 4 is 28.3 Å². The van der Waals surface area contributed by atoms with Crippen LogP contribution in [0.5, 0.6) is 0 Å². The average Bonchev–Trinajstić information content (AvgIpc) is 2.93. The first-order valence-corrected chi connectivity index (χ1v) is 6.99. The fourth-order valence-corrected chi connectivity index (χ4v) is 2.18. The lowest BCUT2D eigenvalue weighted by Crippen LogP contribution is -2.21. The Labute approximate surface area is 128 Å². The zero-order chi connectivity index (χ0) is 15.5. The number of hydrazone groups is 1. The topological polar surface area (TPSA) is 59.3 Å². The molecule has 5 nitrogen and oxygen atoms in total. The number of para-hydroxylation sites is 2. The summed E-state index contributed by atoms with van der Waals surface area (Å²) >= 11 is 0. The Morgan fingerprint density at radius 3 is 2.59 bits per heavy atom. The monoisotopic (exact) mass is 292 g/mol. The molecule has 22 heavy (non-hydrogen) atoms. The highest BCUT2D eigenvalue weighted by molar-refractivity contribution is 6.39. The first kappa shape index (κ1) is 14.0. The number of hydrogen-bond acceptors (Lipinski definition) is 4. The Morgan fingerprint density at radius 1 is 1.14 bits per heavy atom. The van der Waals surface area contributed by atoms with Crippen LogP contribution in [0.25, 0.3) is 11.0 Å². The minimum Gasteiger partial charge on any atom is -0.291 e. The lowest BCUT2D eigenvalue weighted by Gasteiger charge is -2.07. The van der Waals surface area contributed by atoms with Crippen molar-refractivity contribution in [1.82, 2.24) is 9.55 Å². The molecule has 0 aliphatic carbocycles. The maximum atomic E-state index is 11.9. The molecule has 0 saturated heterocycles. The molecule has 0 bridgehead atoms. The minimum absolute atomic E-state index is 0.136. The quantitative estimate of drug-likeness (QED) is 0.458. The number of aromatic nitrogens is 2. The molecule has 0 fully saturated rings. The molecular formula is C17H16N4O. The van der Waals surface area contributed by atoms with Crippen LogP contribution in [0.2, 0.25) is 0 Å². The van der Waals surface area contributed by atoms with E-state index in [-0.39, 0.29) is 5.78 Å². The molecule has 0 aliphatic rings. The summed E-state index contributed by atoms with van der Waals surface area (Å²) in [6.07, 6.45) is 1.61. The van der Waals surface area contributed by atoms with Crippen LogP contribution >= 0.6 is 0 Å². The van der Waals surface area contributed by atoms with Crippen molar-refractivity contribution in [3.63, 3.8) is 0 Å². The third-order valence-corrected chi connectivity index (χ3v) is 3.34. The van der Waals surface area contributed by atoms with Crippen LogP contribution in [0.15, 0.2) is 60.0 Å². The minimum atomic E-state index is -0.136. The van der Waals surface area contributed by atoms with Crippen molar-refractivity contribution in [2.75, 3.05) is 5.43 Å². The average molecular weight is 292 g/mol. The maximum Gasteiger partial charge on any atom is 0.201 e. The molecule has 1 aromatic heterocycles. The van der Waals surface area contributed by atoms with Crippen LogP contribution in [-0.4, -0.2) is 21.2 Å². The number of aryl methyl sites for hydroxylation is 1. The predicted octanol–water partition coefficient (Wildman–Crippen LogP) is 3.21. The van der Waals surface area contributed by atoms with E-state index in [0.717, 1.165) is 16.7 Å². The third-order valence-electron chi connectivity index (χ3n) is 3.34. The van der Waals surface area contributed by atoms with Gasteiger partial charge in [0, 0.05) is 6.92 Å². The van der Waals surface area contributed by atoms with Crippen LogP contribution in [0.3, 0.4) is 0 Å². The van der Waals surface area contributed by atoms with Gasteiger partial charge in [-0.2, -0.15) is 5.10 Å². The Morgan fingerprint density at radius 2 is 1.86 bits per heavy atom. The van der Waals surface area contributed by atoms with Gasteiger partial charge >= 0.3 is 0 Å². The lowest BCUT2D eigenvalue weighted by molar-refractivity contribution is -0.111. The molecule has 1 N–H and O–H groups in total. The predicted molar refractivity (Wildman–Crippen MR) is 88.0 cm³/mol. The number of benzene rings is 2. The van der Waals surface area contributed by atoms with Crippen LogP contribution in [0.1, 0.15) is 12.5 Å². The Bertz CT molecular complexity index is 846. The van der Waals surface area contributed by atoms with Crippen LogP contribution in [-0.2, 0) is 4.79 Å². The van der Waals surface area contributed by atoms with Gasteiger partial charge in [-0.3, -0.25) is 14.8 Å². The van der Waals surface area contributed by atoms with Gasteiger partial charge in [-0.25, -0.2) is 4.98 Å². The summed E-state index contributed by atoms with van der Waals surface area (Å²) < 4.78 is 1.69. The Hall–Kier alpha value is -2.95. The van der Waals surface area contributed by atoms with Crippen molar-refractivity contribution in [3.8, 4) is 0 Å². The van der Waals surface area contributed by atoms with E-state index in [0.29, 0.717) is 5.84 Å². The Kier molecular flexibility index (Phi) is 3.70. The van der Waals surface area contributed by atoms with E-state index in [9.17, 15) is 4.79 Å². The van der Waals surface area contributed by atoms with E-state index in [1.807, 2.05) is 55.5 Å². The number of imidazole rings is 1. The first-order valence-electron chi connectivity index (χ1n) is 6.99. The number of nitrogens with zero attached hydrogens (tertiary/aromatic N) is 3. The summed E-state index contributed by atoms with van der Waals surface area (Å²) in [5.74, 6) is 0.164. The summed E-state index contributed by atoms with van der Waals surface area (Å²) in [4.78, 5) is 16.2. The van der Waals surface area contributed by atoms with Crippen molar-refractivity contribution in [2.24, 2.45) is 5.10 Å². The van der Waals surface area contributed by atoms with E-state index in [1.165, 1.54) is 12.5 Å². The van der Waals surface area contributed by atoms with Gasteiger partial charge in [0.1, 0.15) is 6.33 Å². The summed E-state index contributed by atoms with van der Waals surface area (Å²) in [5, 5.41) is 4.26. The number of fused-ring (bicyclic) bond motifs is 1. The highest BCUT2D eigenvalue weighted by Crippen LogP contribution is 2.13. The normalized spacial score (nSPS) is 11.6. The molecule has 0 atom stereocenters. The fraction of sp³-hybridized carbons (Fsp3) is 0.118. The summed E-state index contributed by atoms with van der Waals surface area (Å²) in [6, 6.07) is 15.4. The molecular weight excluding hydrogens is 276 g/mol. The van der Waals surface area contributed by atoms with Gasteiger partial charge in [-0.05, 0) is 31.2 Å². The zero-order valence-electron chi connectivity index (χ0n) is 12.4. The first-order chi connectivity index (χ1) is 10.6. The molecule has 3 rings (SSSR count). The molecule has 1 heterocycles. The third kappa shape index (κ3) is 2.74. The van der Waals surface area contributed by atoms with Crippen LogP contribution in [0, 0.1) is 6.92 Å². The molecule has 0 spiro atoms. The van der Waals surface area contributed by atoms with E-state index < -0.39 is 0 Å². The number of ketones is 1. The summed E-state index contributed by atoms with van der Waals surface area (Å²) in [7, 11) is 0. The van der Waals surface area contributed by atoms with E-state index in [4.69, 9.17) is 0 Å². The number of hydrogen-bond donors (Lipinski definition) is 1. The van der Waals surface area contributed by atoms with Gasteiger partial charge in [0.15, 0.2) is 5.78 Å². The van der Waals surface area contributed by atoms with Crippen molar-refractivity contribution in [2.45, 2.75) is 13.8 Å². The molecule has 0 aliphatic heterocycles.